The van der Waals surface area contributed by atoms with E-state index in [9.17, 15) is 0 Å². The van der Waals surface area contributed by atoms with Gasteiger partial charge in [0, 0.05) is 18.6 Å². The first-order chi connectivity index (χ1) is 7.66. The lowest BCUT2D eigenvalue weighted by Crippen LogP contribution is -2.53. The molecule has 1 aliphatic heterocycles. The molecule has 1 saturated heterocycles. The van der Waals surface area contributed by atoms with Crippen molar-refractivity contribution in [2.45, 2.75) is 58.5 Å². The Balaban J connectivity index is 1.76. The lowest BCUT2D eigenvalue weighted by atomic mass is 9.77. The van der Waals surface area contributed by atoms with Crippen molar-refractivity contribution in [2.24, 2.45) is 11.8 Å². The predicted octanol–water partition coefficient (Wildman–Crippen LogP) is 2.49. The Morgan fingerprint density at radius 3 is 2.62 bits per heavy atom. The standard InChI is InChI=1S/C14H28N2/c1-11(2)15-9-13-6-7-14(13)16-8-4-5-12(3)10-16/h11-15H,4-10H2,1-3H3. The fourth-order valence-electron chi connectivity index (χ4n) is 3.18. The number of hydrogen-bond acceptors (Lipinski definition) is 2. The van der Waals surface area contributed by atoms with E-state index in [1.54, 1.807) is 0 Å². The third-order valence-corrected chi connectivity index (χ3v) is 4.32. The van der Waals surface area contributed by atoms with Gasteiger partial charge in [-0.25, -0.2) is 0 Å². The quantitative estimate of drug-likeness (QED) is 0.789. The molecule has 0 spiro atoms. The highest BCUT2D eigenvalue weighted by atomic mass is 15.2. The van der Waals surface area contributed by atoms with Crippen LogP contribution in [0, 0.1) is 11.8 Å². The summed E-state index contributed by atoms with van der Waals surface area (Å²) in [5, 5.41) is 3.60. The zero-order valence-electron chi connectivity index (χ0n) is 11.2. The second-order valence-corrected chi connectivity index (χ2v) is 6.21. The number of likely N-dealkylation sites (tertiary alicyclic amines) is 1. The molecule has 2 nitrogen and oxygen atoms in total. The first-order valence-corrected chi connectivity index (χ1v) is 7.14. The molecule has 2 aliphatic rings. The number of nitrogens with one attached hydrogen (secondary N) is 1. The zero-order valence-corrected chi connectivity index (χ0v) is 11.2. The smallest absolute Gasteiger partial charge is 0.0136 e. The summed E-state index contributed by atoms with van der Waals surface area (Å²) in [4.78, 5) is 2.77. The van der Waals surface area contributed by atoms with Gasteiger partial charge in [0.2, 0.25) is 0 Å². The van der Waals surface area contributed by atoms with Crippen molar-refractivity contribution in [1.82, 2.24) is 10.2 Å². The van der Waals surface area contributed by atoms with E-state index in [-0.39, 0.29) is 0 Å². The largest absolute Gasteiger partial charge is 0.314 e. The summed E-state index contributed by atoms with van der Waals surface area (Å²) in [6.07, 6.45) is 5.74. The van der Waals surface area contributed by atoms with E-state index in [2.05, 4.69) is 31.0 Å². The van der Waals surface area contributed by atoms with E-state index in [1.165, 1.54) is 45.3 Å². The lowest BCUT2D eigenvalue weighted by molar-refractivity contribution is 0.0309. The van der Waals surface area contributed by atoms with E-state index < -0.39 is 0 Å². The second kappa shape index (κ2) is 5.50. The van der Waals surface area contributed by atoms with Gasteiger partial charge in [-0.1, -0.05) is 20.8 Å². The predicted molar refractivity (Wildman–Crippen MR) is 69.6 cm³/mol. The fourth-order valence-corrected chi connectivity index (χ4v) is 3.18. The highest BCUT2D eigenvalue weighted by molar-refractivity contribution is 4.91. The highest BCUT2D eigenvalue weighted by Gasteiger charge is 2.36. The van der Waals surface area contributed by atoms with Crippen molar-refractivity contribution >= 4 is 0 Å². The number of nitrogens with zero attached hydrogens (tertiary/aromatic N) is 1. The third-order valence-electron chi connectivity index (χ3n) is 4.32. The van der Waals surface area contributed by atoms with Gasteiger partial charge in [0.05, 0.1) is 0 Å². The monoisotopic (exact) mass is 224 g/mol. The van der Waals surface area contributed by atoms with Crippen molar-refractivity contribution < 1.29 is 0 Å². The van der Waals surface area contributed by atoms with Crippen LogP contribution in [0.2, 0.25) is 0 Å². The minimum Gasteiger partial charge on any atom is -0.314 e. The van der Waals surface area contributed by atoms with E-state index in [1.807, 2.05) is 0 Å². The van der Waals surface area contributed by atoms with Crippen molar-refractivity contribution in [3.63, 3.8) is 0 Å². The minimum atomic E-state index is 0.640. The molecule has 2 rings (SSSR count). The highest BCUT2D eigenvalue weighted by Crippen LogP contribution is 2.34. The summed E-state index contributed by atoms with van der Waals surface area (Å²) >= 11 is 0. The summed E-state index contributed by atoms with van der Waals surface area (Å²) in [5.74, 6) is 1.85. The molecule has 1 aliphatic carbocycles. The molecule has 2 fully saturated rings. The van der Waals surface area contributed by atoms with Crippen LogP contribution in [0.5, 0.6) is 0 Å². The van der Waals surface area contributed by atoms with E-state index in [0.717, 1.165) is 17.9 Å². The average Bonchev–Trinajstić information content (AvgIpc) is 2.15. The van der Waals surface area contributed by atoms with Crippen LogP contribution in [0.15, 0.2) is 0 Å². The molecular formula is C14H28N2. The van der Waals surface area contributed by atoms with Crippen LogP contribution in [-0.4, -0.2) is 36.6 Å². The summed E-state index contributed by atoms with van der Waals surface area (Å²) in [7, 11) is 0. The topological polar surface area (TPSA) is 15.3 Å². The molecule has 0 bridgehead atoms. The van der Waals surface area contributed by atoms with Crippen LogP contribution < -0.4 is 5.32 Å². The maximum Gasteiger partial charge on any atom is 0.0136 e. The Morgan fingerprint density at radius 1 is 1.25 bits per heavy atom. The van der Waals surface area contributed by atoms with Crippen LogP contribution >= 0.6 is 0 Å². The first-order valence-electron chi connectivity index (χ1n) is 7.14. The summed E-state index contributed by atoms with van der Waals surface area (Å²) in [6, 6.07) is 1.54. The van der Waals surface area contributed by atoms with Gasteiger partial charge in [-0.2, -0.15) is 0 Å². The maximum absolute atomic E-state index is 3.60. The van der Waals surface area contributed by atoms with Crippen LogP contribution in [0.4, 0.5) is 0 Å². The van der Waals surface area contributed by atoms with E-state index in [0.29, 0.717) is 6.04 Å². The van der Waals surface area contributed by atoms with Crippen molar-refractivity contribution in [1.29, 1.82) is 0 Å². The molecular weight excluding hydrogens is 196 g/mol. The van der Waals surface area contributed by atoms with Crippen LogP contribution in [0.1, 0.15) is 46.5 Å². The molecule has 3 unspecified atom stereocenters. The molecule has 0 amide bonds. The molecule has 94 valence electrons. The summed E-state index contributed by atoms with van der Waals surface area (Å²) in [6.45, 7) is 10.8. The molecule has 0 aromatic carbocycles. The normalized spacial score (nSPS) is 36.4. The van der Waals surface area contributed by atoms with E-state index in [4.69, 9.17) is 0 Å². The fraction of sp³-hybridized carbons (Fsp3) is 1.00. The Bertz CT molecular complexity index is 215. The minimum absolute atomic E-state index is 0.640. The first kappa shape index (κ1) is 12.4. The van der Waals surface area contributed by atoms with Gasteiger partial charge in [-0.3, -0.25) is 4.90 Å². The SMILES string of the molecule is CC1CCCN(C2CCC2CNC(C)C)C1. The van der Waals surface area contributed by atoms with Gasteiger partial charge in [0.1, 0.15) is 0 Å². The van der Waals surface area contributed by atoms with Crippen molar-refractivity contribution in [3.05, 3.63) is 0 Å². The Labute approximate surface area is 101 Å². The maximum atomic E-state index is 3.60. The van der Waals surface area contributed by atoms with Crippen LogP contribution in [-0.2, 0) is 0 Å². The molecule has 0 aromatic heterocycles. The molecule has 0 aromatic rings. The van der Waals surface area contributed by atoms with Gasteiger partial charge in [0.15, 0.2) is 0 Å². The average molecular weight is 224 g/mol. The van der Waals surface area contributed by atoms with E-state index >= 15 is 0 Å². The van der Waals surface area contributed by atoms with Crippen LogP contribution in [0.25, 0.3) is 0 Å². The summed E-state index contributed by atoms with van der Waals surface area (Å²) < 4.78 is 0. The summed E-state index contributed by atoms with van der Waals surface area (Å²) in [5.41, 5.74) is 0. The molecule has 1 N–H and O–H groups in total. The van der Waals surface area contributed by atoms with Gasteiger partial charge in [-0.15, -0.1) is 0 Å². The Kier molecular flexibility index (Phi) is 4.26. The lowest BCUT2D eigenvalue weighted by Gasteiger charge is -2.47. The molecule has 2 heteroatoms. The number of hydrogen-bond donors (Lipinski definition) is 1. The zero-order chi connectivity index (χ0) is 11.5. The van der Waals surface area contributed by atoms with Crippen molar-refractivity contribution in [3.8, 4) is 0 Å². The molecule has 1 saturated carbocycles. The molecule has 1 heterocycles. The van der Waals surface area contributed by atoms with Gasteiger partial charge < -0.3 is 5.32 Å². The molecule has 3 atom stereocenters. The Hall–Kier alpha value is -0.0800. The van der Waals surface area contributed by atoms with Crippen molar-refractivity contribution in [2.75, 3.05) is 19.6 Å². The van der Waals surface area contributed by atoms with Gasteiger partial charge in [0.25, 0.3) is 0 Å². The number of rotatable bonds is 4. The van der Waals surface area contributed by atoms with Crippen LogP contribution in [0.3, 0.4) is 0 Å². The van der Waals surface area contributed by atoms with Gasteiger partial charge in [-0.05, 0) is 50.6 Å². The second-order valence-electron chi connectivity index (χ2n) is 6.21. The van der Waals surface area contributed by atoms with Gasteiger partial charge >= 0.3 is 0 Å². The number of piperidine rings is 1. The molecule has 16 heavy (non-hydrogen) atoms. The molecule has 0 radical (unpaired) electrons. The Morgan fingerprint density at radius 2 is 2.06 bits per heavy atom. The third kappa shape index (κ3) is 2.98.